The van der Waals surface area contributed by atoms with Gasteiger partial charge in [-0.05, 0) is 38.8 Å². The van der Waals surface area contributed by atoms with Gasteiger partial charge in [0, 0.05) is 18.8 Å². The predicted octanol–water partition coefficient (Wildman–Crippen LogP) is 2.10. The Hall–Kier alpha value is -1.29. The Morgan fingerprint density at radius 2 is 2.17 bits per heavy atom. The van der Waals surface area contributed by atoms with Gasteiger partial charge >= 0.3 is 0 Å². The molecule has 1 saturated carbocycles. The predicted molar refractivity (Wildman–Crippen MR) is 70.6 cm³/mol. The molecule has 0 radical (unpaired) electrons. The SMILES string of the molecule is CC(C)n1cccc1C(=O)NCC1(O)CCCC1. The van der Waals surface area contributed by atoms with Crippen LogP contribution in [0.1, 0.15) is 56.1 Å². The third kappa shape index (κ3) is 2.75. The summed E-state index contributed by atoms with van der Waals surface area (Å²) in [5.41, 5.74) is -0.0307. The second-order valence-corrected chi connectivity index (χ2v) is 5.51. The quantitative estimate of drug-likeness (QED) is 0.860. The van der Waals surface area contributed by atoms with Gasteiger partial charge in [-0.3, -0.25) is 4.79 Å². The van der Waals surface area contributed by atoms with E-state index >= 15 is 0 Å². The topological polar surface area (TPSA) is 54.3 Å². The zero-order valence-electron chi connectivity index (χ0n) is 11.1. The lowest BCUT2D eigenvalue weighted by molar-refractivity contribution is 0.0447. The van der Waals surface area contributed by atoms with Crippen LogP contribution < -0.4 is 5.32 Å². The van der Waals surface area contributed by atoms with Crippen LogP contribution in [0.2, 0.25) is 0 Å². The molecule has 0 spiro atoms. The summed E-state index contributed by atoms with van der Waals surface area (Å²) in [6, 6.07) is 3.95. The van der Waals surface area contributed by atoms with E-state index in [9.17, 15) is 9.90 Å². The van der Waals surface area contributed by atoms with Gasteiger partial charge in [-0.2, -0.15) is 0 Å². The van der Waals surface area contributed by atoms with Crippen molar-refractivity contribution < 1.29 is 9.90 Å². The van der Waals surface area contributed by atoms with Gasteiger partial charge < -0.3 is 15.0 Å². The number of hydrogen-bond acceptors (Lipinski definition) is 2. The molecular weight excluding hydrogens is 228 g/mol. The first-order chi connectivity index (χ1) is 8.52. The van der Waals surface area contributed by atoms with Gasteiger partial charge in [-0.1, -0.05) is 12.8 Å². The third-order valence-electron chi connectivity index (χ3n) is 3.68. The van der Waals surface area contributed by atoms with Crippen LogP contribution in [0, 0.1) is 0 Å². The standard InChI is InChI=1S/C14H22N2O2/c1-11(2)16-9-5-6-12(16)13(17)15-10-14(18)7-3-4-8-14/h5-6,9,11,18H,3-4,7-8,10H2,1-2H3,(H,15,17). The number of nitrogens with one attached hydrogen (secondary N) is 1. The van der Waals surface area contributed by atoms with E-state index in [1.54, 1.807) is 0 Å². The van der Waals surface area contributed by atoms with Crippen LogP contribution in [0.25, 0.3) is 0 Å². The van der Waals surface area contributed by atoms with Crippen molar-refractivity contribution in [1.29, 1.82) is 0 Å². The van der Waals surface area contributed by atoms with Crippen molar-refractivity contribution in [2.45, 2.75) is 51.2 Å². The van der Waals surface area contributed by atoms with Crippen molar-refractivity contribution in [3.63, 3.8) is 0 Å². The molecule has 1 fully saturated rings. The number of carbonyl (C=O) groups is 1. The van der Waals surface area contributed by atoms with Gasteiger partial charge in [-0.15, -0.1) is 0 Å². The highest BCUT2D eigenvalue weighted by atomic mass is 16.3. The van der Waals surface area contributed by atoms with E-state index in [1.165, 1.54) is 0 Å². The summed E-state index contributed by atoms with van der Waals surface area (Å²) < 4.78 is 1.94. The minimum absolute atomic E-state index is 0.103. The first-order valence-electron chi connectivity index (χ1n) is 6.69. The zero-order chi connectivity index (χ0) is 13.2. The maximum Gasteiger partial charge on any atom is 0.268 e. The lowest BCUT2D eigenvalue weighted by atomic mass is 10.0. The van der Waals surface area contributed by atoms with Crippen LogP contribution in [0.3, 0.4) is 0 Å². The minimum atomic E-state index is -0.690. The van der Waals surface area contributed by atoms with Crippen molar-refractivity contribution in [2.24, 2.45) is 0 Å². The van der Waals surface area contributed by atoms with Gasteiger partial charge in [0.05, 0.1) is 5.60 Å². The first kappa shape index (κ1) is 13.1. The highest BCUT2D eigenvalue weighted by Gasteiger charge is 2.31. The van der Waals surface area contributed by atoms with Crippen LogP contribution in [0.5, 0.6) is 0 Å². The van der Waals surface area contributed by atoms with Crippen LogP contribution in [-0.4, -0.2) is 27.7 Å². The highest BCUT2D eigenvalue weighted by Crippen LogP contribution is 2.28. The fraction of sp³-hybridized carbons (Fsp3) is 0.643. The largest absolute Gasteiger partial charge is 0.388 e. The first-order valence-corrected chi connectivity index (χ1v) is 6.69. The van der Waals surface area contributed by atoms with E-state index in [4.69, 9.17) is 0 Å². The average molecular weight is 250 g/mol. The van der Waals surface area contributed by atoms with Crippen molar-refractivity contribution in [2.75, 3.05) is 6.54 Å². The number of amides is 1. The number of aromatic nitrogens is 1. The van der Waals surface area contributed by atoms with Crippen molar-refractivity contribution >= 4 is 5.91 Å². The van der Waals surface area contributed by atoms with Gasteiger partial charge in [0.1, 0.15) is 5.69 Å². The molecule has 0 unspecified atom stereocenters. The Kier molecular flexibility index (Phi) is 3.76. The monoisotopic (exact) mass is 250 g/mol. The molecule has 0 aliphatic heterocycles. The average Bonchev–Trinajstić information content (AvgIpc) is 2.95. The molecule has 100 valence electrons. The molecule has 2 N–H and O–H groups in total. The minimum Gasteiger partial charge on any atom is -0.388 e. The Balaban J connectivity index is 1.97. The van der Waals surface area contributed by atoms with E-state index in [2.05, 4.69) is 5.32 Å². The molecule has 1 heterocycles. The number of rotatable bonds is 4. The van der Waals surface area contributed by atoms with E-state index in [0.29, 0.717) is 12.2 Å². The fourth-order valence-electron chi connectivity index (χ4n) is 2.58. The Labute approximate surface area is 108 Å². The molecule has 1 aromatic heterocycles. The molecule has 0 bridgehead atoms. The van der Waals surface area contributed by atoms with Gasteiger partial charge in [0.15, 0.2) is 0 Å². The summed E-state index contributed by atoms with van der Waals surface area (Å²) in [5, 5.41) is 13.0. The van der Waals surface area contributed by atoms with Gasteiger partial charge in [0.2, 0.25) is 0 Å². The Bertz CT molecular complexity index is 417. The number of hydrogen-bond donors (Lipinski definition) is 2. The summed E-state index contributed by atoms with van der Waals surface area (Å²) >= 11 is 0. The molecule has 0 aromatic carbocycles. The smallest absolute Gasteiger partial charge is 0.268 e. The molecule has 0 atom stereocenters. The lowest BCUT2D eigenvalue weighted by Gasteiger charge is -2.22. The van der Waals surface area contributed by atoms with Gasteiger partial charge in [0.25, 0.3) is 5.91 Å². The molecule has 18 heavy (non-hydrogen) atoms. The number of nitrogens with zero attached hydrogens (tertiary/aromatic N) is 1. The molecule has 0 saturated heterocycles. The van der Waals surface area contributed by atoms with E-state index in [0.717, 1.165) is 25.7 Å². The maximum atomic E-state index is 12.1. The van der Waals surface area contributed by atoms with E-state index in [-0.39, 0.29) is 11.9 Å². The van der Waals surface area contributed by atoms with Crippen LogP contribution >= 0.6 is 0 Å². The molecular formula is C14H22N2O2. The maximum absolute atomic E-state index is 12.1. The third-order valence-corrected chi connectivity index (χ3v) is 3.68. The second-order valence-electron chi connectivity index (χ2n) is 5.51. The van der Waals surface area contributed by atoms with E-state index in [1.807, 2.05) is 36.7 Å². The second kappa shape index (κ2) is 5.14. The summed E-state index contributed by atoms with van der Waals surface area (Å²) in [4.78, 5) is 12.1. The summed E-state index contributed by atoms with van der Waals surface area (Å²) in [6.07, 6.45) is 5.59. The van der Waals surface area contributed by atoms with Crippen LogP contribution in [-0.2, 0) is 0 Å². The van der Waals surface area contributed by atoms with Crippen LogP contribution in [0.15, 0.2) is 18.3 Å². The Morgan fingerprint density at radius 3 is 2.78 bits per heavy atom. The highest BCUT2D eigenvalue weighted by molar-refractivity contribution is 5.92. The van der Waals surface area contributed by atoms with Gasteiger partial charge in [-0.25, -0.2) is 0 Å². The molecule has 2 rings (SSSR count). The molecule has 4 nitrogen and oxygen atoms in total. The Morgan fingerprint density at radius 1 is 1.50 bits per heavy atom. The van der Waals surface area contributed by atoms with Crippen molar-refractivity contribution in [3.8, 4) is 0 Å². The lowest BCUT2D eigenvalue weighted by Crippen LogP contribution is -2.41. The van der Waals surface area contributed by atoms with Crippen molar-refractivity contribution in [1.82, 2.24) is 9.88 Å². The number of carbonyl (C=O) groups excluding carboxylic acids is 1. The molecule has 1 aromatic rings. The van der Waals surface area contributed by atoms with E-state index < -0.39 is 5.60 Å². The normalized spacial score (nSPS) is 18.2. The van der Waals surface area contributed by atoms with Crippen LogP contribution in [0.4, 0.5) is 0 Å². The zero-order valence-corrected chi connectivity index (χ0v) is 11.1. The summed E-state index contributed by atoms with van der Waals surface area (Å²) in [6.45, 7) is 4.44. The van der Waals surface area contributed by atoms with Crippen molar-refractivity contribution in [3.05, 3.63) is 24.0 Å². The molecule has 1 aliphatic carbocycles. The molecule has 1 aliphatic rings. The summed E-state index contributed by atoms with van der Waals surface area (Å²) in [7, 11) is 0. The molecule has 1 amide bonds. The summed E-state index contributed by atoms with van der Waals surface area (Å²) in [5.74, 6) is -0.103. The molecule has 4 heteroatoms. The fourth-order valence-corrected chi connectivity index (χ4v) is 2.58. The number of aliphatic hydroxyl groups is 1.